The summed E-state index contributed by atoms with van der Waals surface area (Å²) in [5.41, 5.74) is 0.955. The fraction of sp³-hybridized carbons (Fsp3) is 0.0588. The Hall–Kier alpha value is -3.26. The van der Waals surface area contributed by atoms with E-state index in [9.17, 15) is 14.5 Å². The highest BCUT2D eigenvalue weighted by molar-refractivity contribution is 6.30. The predicted octanol–water partition coefficient (Wildman–Crippen LogP) is 4.37. The number of ether oxygens (including phenoxy) is 1. The molecule has 0 aliphatic carbocycles. The lowest BCUT2D eigenvalue weighted by Gasteiger charge is -2.16. The predicted molar refractivity (Wildman–Crippen MR) is 91.2 cm³/mol. The third-order valence-corrected chi connectivity index (χ3v) is 4.02. The molecule has 0 saturated heterocycles. The van der Waals surface area contributed by atoms with Crippen molar-refractivity contribution in [1.82, 2.24) is 10.1 Å². The first kappa shape index (κ1) is 16.2. The van der Waals surface area contributed by atoms with Crippen LogP contribution < -0.4 is 4.74 Å². The molecule has 0 fully saturated rings. The van der Waals surface area contributed by atoms with Gasteiger partial charge in [-0.05, 0) is 30.3 Å². The van der Waals surface area contributed by atoms with Gasteiger partial charge in [0.2, 0.25) is 5.82 Å². The van der Waals surface area contributed by atoms with E-state index in [0.717, 1.165) is 23.8 Å². The number of rotatable bonds is 3. The number of nitrogens with zero attached hydrogens (tertiary/aromatic N) is 3. The van der Waals surface area contributed by atoms with Crippen molar-refractivity contribution < 1.29 is 18.6 Å². The molecule has 26 heavy (non-hydrogen) atoms. The molecule has 1 aromatic heterocycles. The summed E-state index contributed by atoms with van der Waals surface area (Å²) in [4.78, 5) is 14.4. The zero-order valence-electron chi connectivity index (χ0n) is 13.0. The molecule has 0 radical (unpaired) electrons. The SMILES string of the molecule is O=[N+]([O-])c1ccc(F)c(-c2nc(C3=Cc4cc(Cl)ccc4OC3)no2)c1. The van der Waals surface area contributed by atoms with E-state index in [4.69, 9.17) is 20.9 Å². The number of fused-ring (bicyclic) bond motifs is 1. The molecule has 0 bridgehead atoms. The summed E-state index contributed by atoms with van der Waals surface area (Å²) in [6, 6.07) is 8.30. The van der Waals surface area contributed by atoms with E-state index in [1.54, 1.807) is 24.3 Å². The number of benzene rings is 2. The number of aromatic nitrogens is 2. The molecule has 1 aliphatic rings. The van der Waals surface area contributed by atoms with Gasteiger partial charge in [-0.25, -0.2) is 4.39 Å². The number of hydrogen-bond acceptors (Lipinski definition) is 6. The van der Waals surface area contributed by atoms with Crippen molar-refractivity contribution in [2.24, 2.45) is 0 Å². The lowest BCUT2D eigenvalue weighted by atomic mass is 10.1. The van der Waals surface area contributed by atoms with Gasteiger partial charge in [0.25, 0.3) is 11.6 Å². The smallest absolute Gasteiger partial charge is 0.270 e. The van der Waals surface area contributed by atoms with Gasteiger partial charge in [-0.15, -0.1) is 0 Å². The molecule has 0 amide bonds. The average Bonchev–Trinajstić information content (AvgIpc) is 3.11. The van der Waals surface area contributed by atoms with Crippen molar-refractivity contribution in [2.45, 2.75) is 0 Å². The quantitative estimate of drug-likeness (QED) is 0.500. The van der Waals surface area contributed by atoms with Crippen molar-refractivity contribution in [3.63, 3.8) is 0 Å². The van der Waals surface area contributed by atoms with Crippen LogP contribution >= 0.6 is 11.6 Å². The van der Waals surface area contributed by atoms with E-state index in [1.807, 2.05) is 0 Å². The molecule has 2 aromatic carbocycles. The monoisotopic (exact) mass is 373 g/mol. The van der Waals surface area contributed by atoms with Gasteiger partial charge in [-0.3, -0.25) is 10.1 Å². The zero-order valence-corrected chi connectivity index (χ0v) is 13.7. The molecule has 4 rings (SSSR count). The summed E-state index contributed by atoms with van der Waals surface area (Å²) >= 11 is 5.98. The fourth-order valence-electron chi connectivity index (χ4n) is 2.53. The summed E-state index contributed by atoms with van der Waals surface area (Å²) in [6.07, 6.45) is 1.79. The van der Waals surface area contributed by atoms with Crippen molar-refractivity contribution in [3.05, 3.63) is 68.7 Å². The van der Waals surface area contributed by atoms with Crippen molar-refractivity contribution in [2.75, 3.05) is 6.61 Å². The Kier molecular flexibility index (Phi) is 3.89. The molecular formula is C17H9ClFN3O4. The van der Waals surface area contributed by atoms with E-state index in [2.05, 4.69) is 10.1 Å². The second-order valence-electron chi connectivity index (χ2n) is 5.48. The molecule has 0 N–H and O–H groups in total. The van der Waals surface area contributed by atoms with Crippen LogP contribution in [0, 0.1) is 15.9 Å². The zero-order chi connectivity index (χ0) is 18.3. The van der Waals surface area contributed by atoms with Crippen LogP contribution in [0.3, 0.4) is 0 Å². The normalized spacial score (nSPS) is 12.9. The third-order valence-electron chi connectivity index (χ3n) is 3.79. The summed E-state index contributed by atoms with van der Waals surface area (Å²) in [6.45, 7) is 0.199. The van der Waals surface area contributed by atoms with Gasteiger partial charge in [-0.2, -0.15) is 4.98 Å². The highest BCUT2D eigenvalue weighted by Gasteiger charge is 2.21. The van der Waals surface area contributed by atoms with Crippen molar-refractivity contribution in [3.8, 4) is 17.2 Å². The van der Waals surface area contributed by atoms with Crippen LogP contribution in [0.2, 0.25) is 5.02 Å². The van der Waals surface area contributed by atoms with Crippen LogP contribution in [0.1, 0.15) is 11.4 Å². The largest absolute Gasteiger partial charge is 0.488 e. The standard InChI is InChI=1S/C17H9ClFN3O4/c18-11-1-4-15-9(6-11)5-10(8-25-15)16-20-17(26-21-16)13-7-12(22(23)24)2-3-14(13)19/h1-7H,8H2. The van der Waals surface area contributed by atoms with Crippen molar-refractivity contribution >= 4 is 28.9 Å². The van der Waals surface area contributed by atoms with Gasteiger partial charge >= 0.3 is 0 Å². The summed E-state index contributed by atoms with van der Waals surface area (Å²) in [5.74, 6) is 0.0268. The fourth-order valence-corrected chi connectivity index (χ4v) is 2.71. The van der Waals surface area contributed by atoms with Crippen LogP contribution in [-0.4, -0.2) is 21.7 Å². The third kappa shape index (κ3) is 2.91. The molecule has 0 atom stereocenters. The number of nitro benzene ring substituents is 1. The van der Waals surface area contributed by atoms with E-state index in [-0.39, 0.29) is 29.6 Å². The number of halogens is 2. The molecule has 0 saturated carbocycles. The molecule has 0 unspecified atom stereocenters. The van der Waals surface area contributed by atoms with Gasteiger partial charge in [0, 0.05) is 28.3 Å². The summed E-state index contributed by atoms with van der Waals surface area (Å²) in [5, 5.41) is 15.2. The molecule has 9 heteroatoms. The summed E-state index contributed by atoms with van der Waals surface area (Å²) in [7, 11) is 0. The topological polar surface area (TPSA) is 91.3 Å². The molecular weight excluding hydrogens is 365 g/mol. The first-order chi connectivity index (χ1) is 12.5. The Morgan fingerprint density at radius 2 is 2.08 bits per heavy atom. The van der Waals surface area contributed by atoms with E-state index < -0.39 is 10.7 Å². The molecule has 130 valence electrons. The molecule has 7 nitrogen and oxygen atoms in total. The minimum absolute atomic E-state index is 0.140. The highest BCUT2D eigenvalue weighted by atomic mass is 35.5. The van der Waals surface area contributed by atoms with E-state index >= 15 is 0 Å². The Labute approximate surface area is 150 Å². The molecule has 1 aliphatic heterocycles. The molecule has 3 aromatic rings. The Morgan fingerprint density at radius 3 is 2.88 bits per heavy atom. The Balaban J connectivity index is 1.71. The van der Waals surface area contributed by atoms with Crippen LogP contribution in [0.25, 0.3) is 23.1 Å². The van der Waals surface area contributed by atoms with Gasteiger partial charge in [0.1, 0.15) is 18.2 Å². The van der Waals surface area contributed by atoms with Gasteiger partial charge in [0.15, 0.2) is 0 Å². The van der Waals surface area contributed by atoms with Crippen LogP contribution in [-0.2, 0) is 0 Å². The van der Waals surface area contributed by atoms with Crippen LogP contribution in [0.15, 0.2) is 40.9 Å². The highest BCUT2D eigenvalue weighted by Crippen LogP contribution is 2.33. The van der Waals surface area contributed by atoms with Crippen LogP contribution in [0.5, 0.6) is 5.75 Å². The first-order valence-electron chi connectivity index (χ1n) is 7.42. The lowest BCUT2D eigenvalue weighted by molar-refractivity contribution is -0.384. The maximum atomic E-state index is 14.0. The van der Waals surface area contributed by atoms with Crippen LogP contribution in [0.4, 0.5) is 10.1 Å². The lowest BCUT2D eigenvalue weighted by Crippen LogP contribution is -2.07. The maximum absolute atomic E-state index is 14.0. The van der Waals surface area contributed by atoms with Gasteiger partial charge < -0.3 is 9.26 Å². The minimum atomic E-state index is -0.697. The van der Waals surface area contributed by atoms with Gasteiger partial charge in [0.05, 0.1) is 10.5 Å². The van der Waals surface area contributed by atoms with E-state index in [1.165, 1.54) is 0 Å². The second-order valence-corrected chi connectivity index (χ2v) is 5.92. The number of hydrogen-bond donors (Lipinski definition) is 0. The Morgan fingerprint density at radius 1 is 1.23 bits per heavy atom. The summed E-state index contributed by atoms with van der Waals surface area (Å²) < 4.78 is 24.7. The van der Waals surface area contributed by atoms with E-state index in [0.29, 0.717) is 16.3 Å². The maximum Gasteiger partial charge on any atom is 0.270 e. The van der Waals surface area contributed by atoms with Crippen molar-refractivity contribution in [1.29, 1.82) is 0 Å². The molecule has 2 heterocycles. The number of non-ortho nitro benzene ring substituents is 1. The Bertz CT molecular complexity index is 1060. The average molecular weight is 374 g/mol. The minimum Gasteiger partial charge on any atom is -0.488 e. The first-order valence-corrected chi connectivity index (χ1v) is 7.80. The second kappa shape index (κ2) is 6.23. The number of nitro groups is 1. The van der Waals surface area contributed by atoms with Gasteiger partial charge in [-0.1, -0.05) is 16.8 Å². The molecule has 0 spiro atoms.